The molecule has 0 aliphatic heterocycles. The SMILES string of the molecule is CCOC(=O)c1c(C)oc2ncn(CCSc3ccc(Cl)cc3)c(=O)c12. The van der Waals surface area contributed by atoms with E-state index in [0.717, 1.165) is 4.90 Å². The van der Waals surface area contributed by atoms with Crippen molar-refractivity contribution in [2.75, 3.05) is 12.4 Å². The van der Waals surface area contributed by atoms with Gasteiger partial charge in [-0.15, -0.1) is 11.8 Å². The van der Waals surface area contributed by atoms with Crippen molar-refractivity contribution in [1.82, 2.24) is 9.55 Å². The minimum atomic E-state index is -0.573. The van der Waals surface area contributed by atoms with E-state index in [-0.39, 0.29) is 28.8 Å². The molecule has 3 aromatic rings. The molecule has 0 unspecified atom stereocenters. The largest absolute Gasteiger partial charge is 0.462 e. The number of hydrogen-bond acceptors (Lipinski definition) is 6. The molecule has 0 saturated carbocycles. The predicted octanol–water partition coefficient (Wildman–Crippen LogP) is 3.92. The number of aromatic nitrogens is 2. The molecule has 0 saturated heterocycles. The lowest BCUT2D eigenvalue weighted by molar-refractivity contribution is 0.0526. The van der Waals surface area contributed by atoms with Gasteiger partial charge in [0.15, 0.2) is 0 Å². The molecule has 1 aromatic carbocycles. The number of benzene rings is 1. The fourth-order valence-corrected chi connectivity index (χ4v) is 3.52. The monoisotopic (exact) mass is 392 g/mol. The van der Waals surface area contributed by atoms with Crippen LogP contribution in [0, 0.1) is 6.92 Å². The summed E-state index contributed by atoms with van der Waals surface area (Å²) in [5.41, 5.74) is -0.0113. The second-order valence-corrected chi connectivity index (χ2v) is 7.08. The second kappa shape index (κ2) is 7.97. The van der Waals surface area contributed by atoms with Crippen LogP contribution < -0.4 is 5.56 Å². The number of halogens is 1. The molecule has 26 heavy (non-hydrogen) atoms. The van der Waals surface area contributed by atoms with Crippen molar-refractivity contribution in [2.45, 2.75) is 25.3 Å². The number of fused-ring (bicyclic) bond motifs is 1. The second-order valence-electron chi connectivity index (χ2n) is 5.48. The highest BCUT2D eigenvalue weighted by molar-refractivity contribution is 7.99. The maximum absolute atomic E-state index is 12.8. The number of furan rings is 1. The summed E-state index contributed by atoms with van der Waals surface area (Å²) in [4.78, 5) is 30.2. The average Bonchev–Trinajstić information content (AvgIpc) is 2.96. The zero-order valence-corrected chi connectivity index (χ0v) is 15.9. The van der Waals surface area contributed by atoms with Gasteiger partial charge in [-0.1, -0.05) is 11.6 Å². The van der Waals surface area contributed by atoms with Crippen LogP contribution in [0.4, 0.5) is 0 Å². The van der Waals surface area contributed by atoms with E-state index in [0.29, 0.717) is 23.1 Å². The van der Waals surface area contributed by atoms with E-state index in [1.165, 1.54) is 10.9 Å². The zero-order valence-electron chi connectivity index (χ0n) is 14.3. The van der Waals surface area contributed by atoms with Crippen molar-refractivity contribution < 1.29 is 13.9 Å². The number of carbonyl (C=O) groups is 1. The molecule has 6 nitrogen and oxygen atoms in total. The average molecular weight is 393 g/mol. The molecule has 0 aliphatic rings. The van der Waals surface area contributed by atoms with Crippen LogP contribution >= 0.6 is 23.4 Å². The van der Waals surface area contributed by atoms with Crippen LogP contribution in [0.3, 0.4) is 0 Å². The van der Waals surface area contributed by atoms with Crippen molar-refractivity contribution in [3.63, 3.8) is 0 Å². The van der Waals surface area contributed by atoms with E-state index in [1.54, 1.807) is 25.6 Å². The standard InChI is InChI=1S/C18H17ClN2O4S/c1-3-24-18(23)14-11(2)25-16-15(14)17(22)21(10-20-16)8-9-26-13-6-4-12(19)5-7-13/h4-7,10H,3,8-9H2,1-2H3. The lowest BCUT2D eigenvalue weighted by Crippen LogP contribution is -2.23. The molecule has 0 bridgehead atoms. The highest BCUT2D eigenvalue weighted by Gasteiger charge is 2.23. The predicted molar refractivity (Wildman–Crippen MR) is 101 cm³/mol. The van der Waals surface area contributed by atoms with Gasteiger partial charge in [0.1, 0.15) is 23.0 Å². The van der Waals surface area contributed by atoms with Gasteiger partial charge in [-0.25, -0.2) is 9.78 Å². The molecule has 3 rings (SSSR count). The smallest absolute Gasteiger partial charge is 0.342 e. The fraction of sp³-hybridized carbons (Fsp3) is 0.278. The summed E-state index contributed by atoms with van der Waals surface area (Å²) in [5, 5.41) is 0.849. The van der Waals surface area contributed by atoms with Crippen LogP contribution in [-0.2, 0) is 11.3 Å². The van der Waals surface area contributed by atoms with Gasteiger partial charge in [0.25, 0.3) is 5.56 Å². The number of nitrogens with zero attached hydrogens (tertiary/aromatic N) is 2. The Morgan fingerprint density at radius 2 is 2.08 bits per heavy atom. The maximum atomic E-state index is 12.8. The third kappa shape index (κ3) is 3.78. The topological polar surface area (TPSA) is 74.3 Å². The number of hydrogen-bond donors (Lipinski definition) is 0. The molecule has 0 fully saturated rings. The summed E-state index contributed by atoms with van der Waals surface area (Å²) in [5.74, 6) is 0.424. The minimum absolute atomic E-state index is 0.150. The van der Waals surface area contributed by atoms with Crippen LogP contribution in [0.1, 0.15) is 23.0 Å². The van der Waals surface area contributed by atoms with Gasteiger partial charge >= 0.3 is 5.97 Å². The van der Waals surface area contributed by atoms with E-state index in [9.17, 15) is 9.59 Å². The summed E-state index contributed by atoms with van der Waals surface area (Å²) in [6, 6.07) is 7.50. The molecule has 8 heteroatoms. The van der Waals surface area contributed by atoms with Gasteiger partial charge in [-0.05, 0) is 38.1 Å². The Morgan fingerprint density at radius 1 is 1.35 bits per heavy atom. The lowest BCUT2D eigenvalue weighted by atomic mass is 10.2. The number of rotatable bonds is 6. The number of ether oxygens (including phenoxy) is 1. The van der Waals surface area contributed by atoms with Crippen molar-refractivity contribution in [2.24, 2.45) is 0 Å². The number of carbonyl (C=O) groups excluding carboxylic acids is 1. The molecular weight excluding hydrogens is 376 g/mol. The molecule has 0 atom stereocenters. The Hall–Kier alpha value is -2.25. The first-order valence-electron chi connectivity index (χ1n) is 8.05. The van der Waals surface area contributed by atoms with E-state index in [4.69, 9.17) is 20.8 Å². The van der Waals surface area contributed by atoms with Gasteiger partial charge in [0.05, 0.1) is 6.61 Å². The van der Waals surface area contributed by atoms with Gasteiger partial charge in [0, 0.05) is 22.2 Å². The van der Waals surface area contributed by atoms with Crippen molar-refractivity contribution in [1.29, 1.82) is 0 Å². The van der Waals surface area contributed by atoms with Crippen molar-refractivity contribution >= 4 is 40.4 Å². The summed E-state index contributed by atoms with van der Waals surface area (Å²) < 4.78 is 11.9. The van der Waals surface area contributed by atoms with Gasteiger partial charge in [0.2, 0.25) is 5.71 Å². The molecule has 2 heterocycles. The highest BCUT2D eigenvalue weighted by atomic mass is 35.5. The molecule has 2 aromatic heterocycles. The van der Waals surface area contributed by atoms with Crippen molar-refractivity contribution in [3.05, 3.63) is 57.3 Å². The van der Waals surface area contributed by atoms with Crippen LogP contribution in [0.15, 0.2) is 44.7 Å². The fourth-order valence-electron chi connectivity index (χ4n) is 2.54. The minimum Gasteiger partial charge on any atom is -0.462 e. The summed E-state index contributed by atoms with van der Waals surface area (Å²) in [6.07, 6.45) is 1.44. The Kier molecular flexibility index (Phi) is 5.68. The number of aryl methyl sites for hydroxylation is 2. The Balaban J connectivity index is 1.84. The zero-order chi connectivity index (χ0) is 18.7. The maximum Gasteiger partial charge on any atom is 0.342 e. The van der Waals surface area contributed by atoms with E-state index < -0.39 is 5.97 Å². The molecule has 0 spiro atoms. The molecule has 0 aliphatic carbocycles. The van der Waals surface area contributed by atoms with Gasteiger partial charge < -0.3 is 9.15 Å². The van der Waals surface area contributed by atoms with Crippen molar-refractivity contribution in [3.8, 4) is 0 Å². The van der Waals surface area contributed by atoms with E-state index in [1.807, 2.05) is 24.3 Å². The first kappa shape index (κ1) is 18.5. The first-order chi connectivity index (χ1) is 12.5. The summed E-state index contributed by atoms with van der Waals surface area (Å²) in [6.45, 7) is 3.99. The quantitative estimate of drug-likeness (QED) is 0.467. The molecule has 0 N–H and O–H groups in total. The van der Waals surface area contributed by atoms with E-state index in [2.05, 4.69) is 4.98 Å². The van der Waals surface area contributed by atoms with Gasteiger partial charge in [-0.2, -0.15) is 0 Å². The highest BCUT2D eigenvalue weighted by Crippen LogP contribution is 2.23. The molecule has 136 valence electrons. The van der Waals surface area contributed by atoms with Crippen LogP contribution in [-0.4, -0.2) is 27.9 Å². The molecular formula is C18H17ClN2O4S. The summed E-state index contributed by atoms with van der Waals surface area (Å²) in [7, 11) is 0. The molecule has 0 amide bonds. The third-order valence-electron chi connectivity index (χ3n) is 3.75. The van der Waals surface area contributed by atoms with E-state index >= 15 is 0 Å². The molecule has 0 radical (unpaired) electrons. The Labute approximate surface area is 159 Å². The van der Waals surface area contributed by atoms with Gasteiger partial charge in [-0.3, -0.25) is 9.36 Å². The van der Waals surface area contributed by atoms with Crippen LogP contribution in [0.5, 0.6) is 0 Å². The van der Waals surface area contributed by atoms with Crippen LogP contribution in [0.2, 0.25) is 5.02 Å². The Bertz CT molecular complexity index is 995. The number of thioether (sulfide) groups is 1. The normalized spacial score (nSPS) is 11.0. The number of esters is 1. The Morgan fingerprint density at radius 3 is 2.77 bits per heavy atom. The lowest BCUT2D eigenvalue weighted by Gasteiger charge is -2.06. The first-order valence-corrected chi connectivity index (χ1v) is 9.41. The third-order valence-corrected chi connectivity index (χ3v) is 4.99. The summed E-state index contributed by atoms with van der Waals surface area (Å²) >= 11 is 7.47. The van der Waals surface area contributed by atoms with Crippen LogP contribution in [0.25, 0.3) is 11.1 Å².